The molecule has 0 bridgehead atoms. The molecule has 0 unspecified atom stereocenters. The van der Waals surface area contributed by atoms with Gasteiger partial charge in [-0.3, -0.25) is 0 Å². The second-order valence-electron chi connectivity index (χ2n) is 5.51. The Bertz CT molecular complexity index is 844. The minimum Gasteiger partial charge on any atom is -0.358 e. The van der Waals surface area contributed by atoms with E-state index in [9.17, 15) is 35.1 Å². The highest BCUT2D eigenvalue weighted by molar-refractivity contribution is 5.55. The van der Waals surface area contributed by atoms with Crippen LogP contribution in [0.3, 0.4) is 0 Å². The SMILES string of the molecule is N#Cc1ccc(N(Cc2c(F)cccc2F)CC(F)(F)F)cc1C(F)(F)F. The summed E-state index contributed by atoms with van der Waals surface area (Å²) in [5.74, 6) is -2.27. The first kappa shape index (κ1) is 20.5. The molecule has 10 heteroatoms. The fourth-order valence-corrected chi connectivity index (χ4v) is 2.39. The van der Waals surface area contributed by atoms with Crippen molar-refractivity contribution in [1.29, 1.82) is 5.26 Å². The normalized spacial score (nSPS) is 12.0. The number of rotatable bonds is 4. The number of halogens is 8. The number of hydrogen-bond acceptors (Lipinski definition) is 2. The first-order valence-electron chi connectivity index (χ1n) is 7.28. The summed E-state index contributed by atoms with van der Waals surface area (Å²) in [6, 6.07) is 5.87. The van der Waals surface area contributed by atoms with Gasteiger partial charge in [-0.15, -0.1) is 0 Å². The Morgan fingerprint density at radius 1 is 0.926 bits per heavy atom. The Hall–Kier alpha value is -2.83. The lowest BCUT2D eigenvalue weighted by molar-refractivity contribution is -0.137. The lowest BCUT2D eigenvalue weighted by Crippen LogP contribution is -2.34. The molecule has 2 aromatic carbocycles. The van der Waals surface area contributed by atoms with Crippen LogP contribution in [0.4, 0.5) is 40.8 Å². The molecule has 0 N–H and O–H groups in total. The van der Waals surface area contributed by atoms with Crippen LogP contribution in [0.5, 0.6) is 0 Å². The van der Waals surface area contributed by atoms with E-state index in [1.165, 1.54) is 6.07 Å². The molecule has 0 heterocycles. The van der Waals surface area contributed by atoms with E-state index in [0.29, 0.717) is 17.0 Å². The van der Waals surface area contributed by atoms with E-state index in [2.05, 4.69) is 0 Å². The highest BCUT2D eigenvalue weighted by Gasteiger charge is 2.36. The summed E-state index contributed by atoms with van der Waals surface area (Å²) in [6.45, 7) is -2.70. The maximum atomic E-state index is 13.8. The van der Waals surface area contributed by atoms with Crippen LogP contribution in [-0.4, -0.2) is 12.7 Å². The first-order valence-corrected chi connectivity index (χ1v) is 7.28. The summed E-state index contributed by atoms with van der Waals surface area (Å²) in [4.78, 5) is 0.359. The lowest BCUT2D eigenvalue weighted by Gasteiger charge is -2.27. The van der Waals surface area contributed by atoms with Crippen molar-refractivity contribution in [2.24, 2.45) is 0 Å². The monoisotopic (exact) mass is 394 g/mol. The van der Waals surface area contributed by atoms with Crippen LogP contribution in [0.15, 0.2) is 36.4 Å². The van der Waals surface area contributed by atoms with E-state index in [4.69, 9.17) is 5.26 Å². The van der Waals surface area contributed by atoms with Crippen molar-refractivity contribution in [3.63, 3.8) is 0 Å². The van der Waals surface area contributed by atoms with Crippen molar-refractivity contribution < 1.29 is 35.1 Å². The Balaban J connectivity index is 2.54. The number of alkyl halides is 6. The first-order chi connectivity index (χ1) is 12.4. The highest BCUT2D eigenvalue weighted by atomic mass is 19.4. The topological polar surface area (TPSA) is 27.0 Å². The van der Waals surface area contributed by atoms with Gasteiger partial charge in [0.2, 0.25) is 0 Å². The Morgan fingerprint density at radius 2 is 1.52 bits per heavy atom. The molecule has 0 aliphatic carbocycles. The molecule has 0 saturated heterocycles. The van der Waals surface area contributed by atoms with Crippen LogP contribution in [0, 0.1) is 23.0 Å². The average molecular weight is 394 g/mol. The fraction of sp³-hybridized carbons (Fsp3) is 0.235. The molecule has 0 radical (unpaired) electrons. The predicted octanol–water partition coefficient (Wildman–Crippen LogP) is 5.42. The second-order valence-corrected chi connectivity index (χ2v) is 5.51. The second kappa shape index (κ2) is 7.42. The smallest absolute Gasteiger partial charge is 0.358 e. The van der Waals surface area contributed by atoms with Crippen molar-refractivity contribution in [2.45, 2.75) is 18.9 Å². The van der Waals surface area contributed by atoms with Crippen LogP contribution >= 0.6 is 0 Å². The molecule has 0 fully saturated rings. The van der Waals surface area contributed by atoms with Gasteiger partial charge in [-0.05, 0) is 30.3 Å². The largest absolute Gasteiger partial charge is 0.417 e. The zero-order valence-corrected chi connectivity index (χ0v) is 13.3. The maximum absolute atomic E-state index is 13.8. The van der Waals surface area contributed by atoms with Crippen LogP contribution in [0.2, 0.25) is 0 Å². The highest BCUT2D eigenvalue weighted by Crippen LogP contribution is 2.35. The number of nitrogens with zero attached hydrogens (tertiary/aromatic N) is 2. The summed E-state index contributed by atoms with van der Waals surface area (Å²) < 4.78 is 105. The van der Waals surface area contributed by atoms with Gasteiger partial charge < -0.3 is 4.90 Å². The third kappa shape index (κ3) is 5.09. The van der Waals surface area contributed by atoms with E-state index in [0.717, 1.165) is 24.3 Å². The Morgan fingerprint density at radius 3 is 2.00 bits per heavy atom. The Kier molecular flexibility index (Phi) is 5.63. The molecule has 0 aliphatic heterocycles. The van der Waals surface area contributed by atoms with Gasteiger partial charge in [0, 0.05) is 17.8 Å². The molecule has 2 nitrogen and oxygen atoms in total. The van der Waals surface area contributed by atoms with E-state index in [1.807, 2.05) is 0 Å². The zero-order valence-electron chi connectivity index (χ0n) is 13.3. The number of nitriles is 1. The molecule has 2 rings (SSSR count). The molecule has 0 amide bonds. The summed E-state index contributed by atoms with van der Waals surface area (Å²) in [5.41, 5.74) is -3.53. The van der Waals surface area contributed by atoms with Gasteiger partial charge in [0.05, 0.1) is 17.2 Å². The molecule has 27 heavy (non-hydrogen) atoms. The van der Waals surface area contributed by atoms with Crippen molar-refractivity contribution in [1.82, 2.24) is 0 Å². The number of hydrogen-bond donors (Lipinski definition) is 0. The van der Waals surface area contributed by atoms with Gasteiger partial charge in [-0.2, -0.15) is 31.6 Å². The quantitative estimate of drug-likeness (QED) is 0.648. The molecule has 144 valence electrons. The molecule has 0 atom stereocenters. The number of benzene rings is 2. The molecule has 0 aromatic heterocycles. The number of anilines is 1. The van der Waals surface area contributed by atoms with Crippen LogP contribution in [-0.2, 0) is 12.7 Å². The van der Waals surface area contributed by atoms with E-state index >= 15 is 0 Å². The molecule has 0 spiro atoms. The van der Waals surface area contributed by atoms with E-state index in [-0.39, 0.29) is 0 Å². The van der Waals surface area contributed by atoms with Crippen molar-refractivity contribution >= 4 is 5.69 Å². The van der Waals surface area contributed by atoms with Crippen LogP contribution in [0.25, 0.3) is 0 Å². The summed E-state index contributed by atoms with van der Waals surface area (Å²) in [6.07, 6.45) is -9.84. The van der Waals surface area contributed by atoms with Crippen LogP contribution in [0.1, 0.15) is 16.7 Å². The van der Waals surface area contributed by atoms with Crippen LogP contribution < -0.4 is 4.90 Å². The summed E-state index contributed by atoms with van der Waals surface area (Å²) in [7, 11) is 0. The predicted molar refractivity (Wildman–Crippen MR) is 79.6 cm³/mol. The van der Waals surface area contributed by atoms with Gasteiger partial charge in [0.25, 0.3) is 0 Å². The van der Waals surface area contributed by atoms with Gasteiger partial charge in [-0.25, -0.2) is 8.78 Å². The maximum Gasteiger partial charge on any atom is 0.417 e. The van der Waals surface area contributed by atoms with Gasteiger partial charge >= 0.3 is 12.4 Å². The molecular formula is C17H10F8N2. The zero-order chi connectivity index (χ0) is 20.4. The third-order valence-electron chi connectivity index (χ3n) is 3.57. The standard InChI is InChI=1S/C17H10F8N2/c18-14-2-1-3-15(19)12(14)8-27(9-16(20,21)22)11-5-4-10(7-26)13(6-11)17(23,24)25/h1-6H,8-9H2. The van der Waals surface area contributed by atoms with Crippen molar-refractivity contribution in [2.75, 3.05) is 11.4 Å². The summed E-state index contributed by atoms with van der Waals surface area (Å²) >= 11 is 0. The minimum atomic E-state index is -4.99. The Labute approximate surface area is 148 Å². The van der Waals surface area contributed by atoms with Gasteiger partial charge in [0.1, 0.15) is 18.2 Å². The molecule has 0 saturated carbocycles. The van der Waals surface area contributed by atoms with Crippen molar-refractivity contribution in [3.05, 3.63) is 64.7 Å². The van der Waals surface area contributed by atoms with E-state index in [1.54, 1.807) is 0 Å². The van der Waals surface area contributed by atoms with E-state index < -0.39 is 59.5 Å². The average Bonchev–Trinajstić information content (AvgIpc) is 2.55. The van der Waals surface area contributed by atoms with Crippen molar-refractivity contribution in [3.8, 4) is 6.07 Å². The minimum absolute atomic E-state index is 0.350. The summed E-state index contributed by atoms with van der Waals surface area (Å²) in [5, 5.41) is 8.76. The van der Waals surface area contributed by atoms with Gasteiger partial charge in [-0.1, -0.05) is 6.07 Å². The lowest BCUT2D eigenvalue weighted by atomic mass is 10.1. The molecule has 0 aliphatic rings. The third-order valence-corrected chi connectivity index (χ3v) is 3.57. The van der Waals surface area contributed by atoms with Gasteiger partial charge in [0.15, 0.2) is 0 Å². The molecular weight excluding hydrogens is 384 g/mol. The fourth-order valence-electron chi connectivity index (χ4n) is 2.39. The molecule has 2 aromatic rings.